The summed E-state index contributed by atoms with van der Waals surface area (Å²) in [5.74, 6) is 0.423. The van der Waals surface area contributed by atoms with Crippen molar-refractivity contribution in [3.63, 3.8) is 0 Å². The number of aryl methyl sites for hydroxylation is 1. The number of rotatable bonds is 2. The second-order valence-electron chi connectivity index (χ2n) is 3.56. The van der Waals surface area contributed by atoms with E-state index >= 15 is 0 Å². The molecule has 0 fully saturated rings. The van der Waals surface area contributed by atoms with Crippen LogP contribution in [0.2, 0.25) is 5.02 Å². The van der Waals surface area contributed by atoms with E-state index in [2.05, 4.69) is 9.97 Å². The minimum atomic E-state index is -0.335. The van der Waals surface area contributed by atoms with E-state index in [1.807, 2.05) is 6.92 Å². The van der Waals surface area contributed by atoms with E-state index in [1.54, 1.807) is 6.07 Å². The summed E-state index contributed by atoms with van der Waals surface area (Å²) in [7, 11) is 0. The number of H-pyrrole nitrogens is 1. The molecule has 1 heterocycles. The standard InChI is InChI=1S/C12H10ClFN2S/c1-2-11-15-10(6-12(17)16-11)8-5-7(14)3-4-9(8)13/h3-6H,2H2,1H3,(H,15,16,17). The Morgan fingerprint density at radius 2 is 2.18 bits per heavy atom. The molecule has 0 atom stereocenters. The maximum Gasteiger partial charge on any atom is 0.130 e. The van der Waals surface area contributed by atoms with Gasteiger partial charge in [0.15, 0.2) is 0 Å². The molecule has 0 aliphatic rings. The molecule has 0 aliphatic heterocycles. The molecule has 2 nitrogen and oxygen atoms in total. The van der Waals surface area contributed by atoms with E-state index in [4.69, 9.17) is 23.8 Å². The molecule has 0 spiro atoms. The zero-order valence-corrected chi connectivity index (χ0v) is 10.7. The first-order chi connectivity index (χ1) is 8.10. The summed E-state index contributed by atoms with van der Waals surface area (Å²) in [6.45, 7) is 1.96. The minimum absolute atomic E-state index is 0.335. The maximum atomic E-state index is 13.2. The molecule has 0 bridgehead atoms. The van der Waals surface area contributed by atoms with Crippen molar-refractivity contribution in [3.05, 3.63) is 45.6 Å². The van der Waals surface area contributed by atoms with Gasteiger partial charge in [-0.1, -0.05) is 30.7 Å². The lowest BCUT2D eigenvalue weighted by Crippen LogP contribution is -1.96. The predicted molar refractivity (Wildman–Crippen MR) is 69.2 cm³/mol. The van der Waals surface area contributed by atoms with Gasteiger partial charge in [0, 0.05) is 12.0 Å². The first-order valence-corrected chi connectivity index (χ1v) is 5.94. The van der Waals surface area contributed by atoms with Gasteiger partial charge in [-0.15, -0.1) is 0 Å². The van der Waals surface area contributed by atoms with Crippen molar-refractivity contribution in [1.29, 1.82) is 0 Å². The van der Waals surface area contributed by atoms with E-state index in [9.17, 15) is 4.39 Å². The van der Waals surface area contributed by atoms with Crippen molar-refractivity contribution in [2.24, 2.45) is 0 Å². The molecule has 5 heteroatoms. The smallest absolute Gasteiger partial charge is 0.130 e. The van der Waals surface area contributed by atoms with Crippen LogP contribution >= 0.6 is 23.8 Å². The first kappa shape index (κ1) is 12.2. The van der Waals surface area contributed by atoms with E-state index in [1.165, 1.54) is 18.2 Å². The molecule has 0 amide bonds. The van der Waals surface area contributed by atoms with Gasteiger partial charge in [-0.3, -0.25) is 0 Å². The van der Waals surface area contributed by atoms with Crippen LogP contribution < -0.4 is 0 Å². The minimum Gasteiger partial charge on any atom is -0.343 e. The molecule has 1 aromatic carbocycles. The van der Waals surface area contributed by atoms with Crippen LogP contribution in [0.5, 0.6) is 0 Å². The quantitative estimate of drug-likeness (QED) is 0.829. The van der Waals surface area contributed by atoms with E-state index in [0.29, 0.717) is 20.9 Å². The number of aromatic nitrogens is 2. The van der Waals surface area contributed by atoms with Crippen LogP contribution in [-0.2, 0) is 6.42 Å². The fourth-order valence-corrected chi connectivity index (χ4v) is 1.97. The summed E-state index contributed by atoms with van der Waals surface area (Å²) in [6.07, 6.45) is 0.727. The highest BCUT2D eigenvalue weighted by Gasteiger charge is 2.07. The Bertz CT molecular complexity index is 610. The van der Waals surface area contributed by atoms with E-state index < -0.39 is 0 Å². The van der Waals surface area contributed by atoms with Crippen molar-refractivity contribution < 1.29 is 4.39 Å². The van der Waals surface area contributed by atoms with Crippen LogP contribution in [0.25, 0.3) is 11.3 Å². The second-order valence-corrected chi connectivity index (χ2v) is 4.38. The van der Waals surface area contributed by atoms with Gasteiger partial charge in [0.25, 0.3) is 0 Å². The molecule has 0 radical (unpaired) electrons. The fourth-order valence-electron chi connectivity index (χ4n) is 1.52. The monoisotopic (exact) mass is 268 g/mol. The van der Waals surface area contributed by atoms with Gasteiger partial charge < -0.3 is 4.98 Å². The Labute approximate surface area is 108 Å². The Balaban J connectivity index is 2.63. The third-order valence-corrected chi connectivity index (χ3v) is 2.88. The molecule has 1 N–H and O–H groups in total. The summed E-state index contributed by atoms with van der Waals surface area (Å²) in [4.78, 5) is 7.24. The third kappa shape index (κ3) is 2.70. The number of nitrogens with zero attached hydrogens (tertiary/aromatic N) is 1. The largest absolute Gasteiger partial charge is 0.343 e. The van der Waals surface area contributed by atoms with Crippen LogP contribution in [-0.4, -0.2) is 9.97 Å². The van der Waals surface area contributed by atoms with Crippen LogP contribution in [0.15, 0.2) is 24.3 Å². The lowest BCUT2D eigenvalue weighted by atomic mass is 10.1. The lowest BCUT2D eigenvalue weighted by Gasteiger charge is -2.06. The normalized spacial score (nSPS) is 10.5. The number of hydrogen-bond acceptors (Lipinski definition) is 2. The fraction of sp³-hybridized carbons (Fsp3) is 0.167. The second kappa shape index (κ2) is 4.94. The summed E-state index contributed by atoms with van der Waals surface area (Å²) in [5, 5.41) is 0.477. The summed E-state index contributed by atoms with van der Waals surface area (Å²) in [6, 6.07) is 5.90. The predicted octanol–water partition coefficient (Wildman–Crippen LogP) is 4.16. The highest BCUT2D eigenvalue weighted by atomic mass is 35.5. The SMILES string of the molecule is CCc1nc(=S)cc(-c2cc(F)ccc2Cl)[nH]1. The third-order valence-electron chi connectivity index (χ3n) is 2.35. The van der Waals surface area contributed by atoms with Crippen LogP contribution in [0.4, 0.5) is 4.39 Å². The van der Waals surface area contributed by atoms with Gasteiger partial charge in [0.1, 0.15) is 16.3 Å². The summed E-state index contributed by atoms with van der Waals surface area (Å²) < 4.78 is 13.7. The van der Waals surface area contributed by atoms with Crippen molar-refractivity contribution in [1.82, 2.24) is 9.97 Å². The molecular formula is C12H10ClFN2S. The van der Waals surface area contributed by atoms with E-state index in [-0.39, 0.29) is 5.82 Å². The molecule has 0 unspecified atom stereocenters. The number of halogens is 2. The summed E-state index contributed by atoms with van der Waals surface area (Å²) >= 11 is 11.1. The van der Waals surface area contributed by atoms with Crippen LogP contribution in [0, 0.1) is 10.5 Å². The highest BCUT2D eigenvalue weighted by Crippen LogP contribution is 2.27. The number of nitrogens with one attached hydrogen (secondary N) is 1. The Morgan fingerprint density at radius 1 is 1.41 bits per heavy atom. The topological polar surface area (TPSA) is 28.7 Å². The molecule has 0 aliphatic carbocycles. The molecule has 17 heavy (non-hydrogen) atoms. The van der Waals surface area contributed by atoms with Crippen molar-refractivity contribution in [2.45, 2.75) is 13.3 Å². The van der Waals surface area contributed by atoms with Gasteiger partial charge >= 0.3 is 0 Å². The molecule has 0 saturated heterocycles. The Hall–Kier alpha value is -1.26. The number of aromatic amines is 1. The Morgan fingerprint density at radius 3 is 2.88 bits per heavy atom. The first-order valence-electron chi connectivity index (χ1n) is 5.16. The molecule has 0 saturated carbocycles. The van der Waals surface area contributed by atoms with Crippen molar-refractivity contribution in [2.75, 3.05) is 0 Å². The number of benzene rings is 1. The molecule has 1 aromatic heterocycles. The average molecular weight is 269 g/mol. The van der Waals surface area contributed by atoms with Crippen molar-refractivity contribution in [3.8, 4) is 11.3 Å². The van der Waals surface area contributed by atoms with Gasteiger partial charge in [-0.05, 0) is 24.3 Å². The number of hydrogen-bond donors (Lipinski definition) is 1. The van der Waals surface area contributed by atoms with Gasteiger partial charge in [0.05, 0.1) is 10.7 Å². The molecule has 2 aromatic rings. The Kier molecular flexibility index (Phi) is 3.54. The highest BCUT2D eigenvalue weighted by molar-refractivity contribution is 7.71. The van der Waals surface area contributed by atoms with Crippen LogP contribution in [0.1, 0.15) is 12.7 Å². The molecular weight excluding hydrogens is 259 g/mol. The van der Waals surface area contributed by atoms with E-state index in [0.717, 1.165) is 12.2 Å². The molecule has 88 valence electrons. The maximum absolute atomic E-state index is 13.2. The van der Waals surface area contributed by atoms with Crippen LogP contribution in [0.3, 0.4) is 0 Å². The lowest BCUT2D eigenvalue weighted by molar-refractivity contribution is 0.628. The van der Waals surface area contributed by atoms with Gasteiger partial charge in [-0.25, -0.2) is 9.37 Å². The average Bonchev–Trinajstić information content (AvgIpc) is 2.31. The van der Waals surface area contributed by atoms with Gasteiger partial charge in [0.2, 0.25) is 0 Å². The summed E-state index contributed by atoms with van der Waals surface area (Å²) in [5.41, 5.74) is 1.28. The zero-order valence-electron chi connectivity index (χ0n) is 9.13. The van der Waals surface area contributed by atoms with Gasteiger partial charge in [-0.2, -0.15) is 0 Å². The van der Waals surface area contributed by atoms with Crippen molar-refractivity contribution >= 4 is 23.8 Å². The molecule has 2 rings (SSSR count). The zero-order chi connectivity index (χ0) is 12.4.